The summed E-state index contributed by atoms with van der Waals surface area (Å²) in [5.74, 6) is 0. The monoisotopic (exact) mass is 426 g/mol. The lowest BCUT2D eigenvalue weighted by molar-refractivity contribution is -0.928. The van der Waals surface area contributed by atoms with Gasteiger partial charge < -0.3 is 4.48 Å². The van der Waals surface area contributed by atoms with Crippen LogP contribution in [0, 0.1) is 0 Å². The first-order valence-electron chi connectivity index (χ1n) is 6.09. The summed E-state index contributed by atoms with van der Waals surface area (Å²) in [4.78, 5) is 0. The fourth-order valence-corrected chi connectivity index (χ4v) is 2.57. The SMILES string of the molecule is Br.Br.Br.CCC[N+](CCC)(CCC)CCC. The summed E-state index contributed by atoms with van der Waals surface area (Å²) in [5.41, 5.74) is 0. The Balaban J connectivity index is -0.000000240. The van der Waals surface area contributed by atoms with Gasteiger partial charge >= 0.3 is 0 Å². The van der Waals surface area contributed by atoms with Crippen molar-refractivity contribution >= 4 is 50.9 Å². The second-order valence-corrected chi connectivity index (χ2v) is 4.24. The summed E-state index contributed by atoms with van der Waals surface area (Å²) in [6, 6.07) is 0. The summed E-state index contributed by atoms with van der Waals surface area (Å²) in [6.07, 6.45) is 5.33. The molecule has 16 heavy (non-hydrogen) atoms. The lowest BCUT2D eigenvalue weighted by Gasteiger charge is -2.38. The van der Waals surface area contributed by atoms with Gasteiger partial charge in [-0.25, -0.2) is 0 Å². The van der Waals surface area contributed by atoms with Crippen LogP contribution in [0.1, 0.15) is 53.4 Å². The van der Waals surface area contributed by atoms with E-state index in [1.165, 1.54) is 56.3 Å². The molecule has 0 N–H and O–H groups in total. The highest BCUT2D eigenvalue weighted by molar-refractivity contribution is 8.93. The van der Waals surface area contributed by atoms with Gasteiger partial charge in [-0.2, -0.15) is 0 Å². The minimum absolute atomic E-state index is 0. The average molecular weight is 429 g/mol. The zero-order valence-electron chi connectivity index (χ0n) is 11.3. The van der Waals surface area contributed by atoms with Crippen LogP contribution in [0.25, 0.3) is 0 Å². The highest BCUT2D eigenvalue weighted by Crippen LogP contribution is 2.12. The van der Waals surface area contributed by atoms with Crippen molar-refractivity contribution in [3.8, 4) is 0 Å². The standard InChI is InChI=1S/C12H28N.3BrH/c1-5-9-13(10-6-2,11-7-3)12-8-4;;;/h5-12H2,1-4H3;3*1H/q+1;;;. The molecule has 0 aromatic heterocycles. The summed E-state index contributed by atoms with van der Waals surface area (Å²) >= 11 is 0. The van der Waals surface area contributed by atoms with Gasteiger partial charge in [-0.15, -0.1) is 50.9 Å². The maximum absolute atomic E-state index is 2.31. The van der Waals surface area contributed by atoms with Gasteiger partial charge in [-0.3, -0.25) is 0 Å². The molecular formula is C12H31Br3N+. The molecule has 1 nitrogen and oxygen atoms in total. The smallest absolute Gasteiger partial charge is 0.0783 e. The van der Waals surface area contributed by atoms with Crippen molar-refractivity contribution in [3.63, 3.8) is 0 Å². The van der Waals surface area contributed by atoms with E-state index < -0.39 is 0 Å². The zero-order valence-corrected chi connectivity index (χ0v) is 16.5. The number of hydrogen-bond acceptors (Lipinski definition) is 0. The summed E-state index contributed by atoms with van der Waals surface area (Å²) in [5, 5.41) is 0. The molecular weight excluding hydrogens is 398 g/mol. The molecule has 0 amide bonds. The number of halogens is 3. The maximum atomic E-state index is 2.31. The van der Waals surface area contributed by atoms with Gasteiger partial charge in [-0.05, 0) is 25.7 Å². The summed E-state index contributed by atoms with van der Waals surface area (Å²) < 4.78 is 1.38. The van der Waals surface area contributed by atoms with Crippen molar-refractivity contribution in [2.24, 2.45) is 0 Å². The molecule has 0 spiro atoms. The zero-order chi connectivity index (χ0) is 10.2. The van der Waals surface area contributed by atoms with Crippen molar-refractivity contribution in [2.75, 3.05) is 26.2 Å². The Morgan fingerprint density at radius 1 is 0.500 bits per heavy atom. The normalized spacial score (nSPS) is 9.75. The third-order valence-corrected chi connectivity index (χ3v) is 2.79. The molecule has 104 valence electrons. The topological polar surface area (TPSA) is 0 Å². The van der Waals surface area contributed by atoms with Gasteiger partial charge in [0, 0.05) is 0 Å². The van der Waals surface area contributed by atoms with E-state index in [1.807, 2.05) is 0 Å². The fraction of sp³-hybridized carbons (Fsp3) is 1.00. The number of rotatable bonds is 8. The van der Waals surface area contributed by atoms with E-state index in [9.17, 15) is 0 Å². The van der Waals surface area contributed by atoms with E-state index in [4.69, 9.17) is 0 Å². The number of hydrogen-bond donors (Lipinski definition) is 0. The molecule has 0 bridgehead atoms. The lowest BCUT2D eigenvalue weighted by atomic mass is 10.2. The van der Waals surface area contributed by atoms with E-state index in [0.29, 0.717) is 0 Å². The third-order valence-electron chi connectivity index (χ3n) is 2.79. The Hall–Kier alpha value is 1.40. The van der Waals surface area contributed by atoms with Crippen LogP contribution in [0.5, 0.6) is 0 Å². The lowest BCUT2D eigenvalue weighted by Crippen LogP contribution is -2.50. The van der Waals surface area contributed by atoms with Crippen molar-refractivity contribution in [1.29, 1.82) is 0 Å². The summed E-state index contributed by atoms with van der Waals surface area (Å²) in [7, 11) is 0. The molecule has 0 aliphatic rings. The Morgan fingerprint density at radius 3 is 0.812 bits per heavy atom. The largest absolute Gasteiger partial charge is 0.324 e. The molecule has 4 heteroatoms. The first-order chi connectivity index (χ1) is 6.24. The Kier molecular flexibility index (Phi) is 26.7. The van der Waals surface area contributed by atoms with Crippen LogP contribution < -0.4 is 0 Å². The average Bonchev–Trinajstić information content (AvgIpc) is 2.06. The van der Waals surface area contributed by atoms with Gasteiger partial charge in [0.25, 0.3) is 0 Å². The van der Waals surface area contributed by atoms with Crippen LogP contribution in [-0.4, -0.2) is 30.7 Å². The summed E-state index contributed by atoms with van der Waals surface area (Å²) in [6.45, 7) is 14.8. The van der Waals surface area contributed by atoms with E-state index >= 15 is 0 Å². The first-order valence-corrected chi connectivity index (χ1v) is 6.09. The Morgan fingerprint density at radius 2 is 0.688 bits per heavy atom. The number of quaternary nitrogens is 1. The van der Waals surface area contributed by atoms with Crippen molar-refractivity contribution in [2.45, 2.75) is 53.4 Å². The van der Waals surface area contributed by atoms with Gasteiger partial charge in [-0.1, -0.05) is 27.7 Å². The molecule has 0 heterocycles. The van der Waals surface area contributed by atoms with Crippen LogP contribution in [0.15, 0.2) is 0 Å². The third kappa shape index (κ3) is 10.5. The van der Waals surface area contributed by atoms with Gasteiger partial charge in [0.15, 0.2) is 0 Å². The highest BCUT2D eigenvalue weighted by Gasteiger charge is 2.22. The molecule has 0 aliphatic carbocycles. The molecule has 0 unspecified atom stereocenters. The minimum atomic E-state index is 0. The van der Waals surface area contributed by atoms with E-state index in [1.54, 1.807) is 0 Å². The Bertz CT molecular complexity index is 91.3. The molecule has 0 atom stereocenters. The van der Waals surface area contributed by atoms with Crippen molar-refractivity contribution in [3.05, 3.63) is 0 Å². The predicted molar refractivity (Wildman–Crippen MR) is 91.9 cm³/mol. The minimum Gasteiger partial charge on any atom is -0.324 e. The van der Waals surface area contributed by atoms with Crippen LogP contribution in [0.2, 0.25) is 0 Å². The molecule has 0 fully saturated rings. The van der Waals surface area contributed by atoms with Crippen molar-refractivity contribution in [1.82, 2.24) is 0 Å². The molecule has 0 rings (SSSR count). The second-order valence-electron chi connectivity index (χ2n) is 4.24. The quantitative estimate of drug-likeness (QED) is 0.467. The van der Waals surface area contributed by atoms with E-state index in [-0.39, 0.29) is 50.9 Å². The van der Waals surface area contributed by atoms with E-state index in [2.05, 4.69) is 27.7 Å². The van der Waals surface area contributed by atoms with Crippen LogP contribution in [0.4, 0.5) is 0 Å². The van der Waals surface area contributed by atoms with Gasteiger partial charge in [0.1, 0.15) is 0 Å². The predicted octanol–water partition coefficient (Wildman–Crippen LogP) is 5.18. The molecule has 0 aromatic rings. The number of nitrogens with zero attached hydrogens (tertiary/aromatic N) is 1. The second kappa shape index (κ2) is 16.4. The fourth-order valence-electron chi connectivity index (χ4n) is 2.57. The maximum Gasteiger partial charge on any atom is 0.0783 e. The molecule has 0 saturated carbocycles. The van der Waals surface area contributed by atoms with E-state index in [0.717, 1.165) is 0 Å². The van der Waals surface area contributed by atoms with Crippen LogP contribution >= 0.6 is 50.9 Å². The van der Waals surface area contributed by atoms with Crippen molar-refractivity contribution < 1.29 is 4.48 Å². The molecule has 0 aromatic carbocycles. The molecule has 0 radical (unpaired) electrons. The van der Waals surface area contributed by atoms with Gasteiger partial charge in [0.05, 0.1) is 26.2 Å². The Labute approximate surface area is 134 Å². The molecule has 0 saturated heterocycles. The van der Waals surface area contributed by atoms with Crippen LogP contribution in [-0.2, 0) is 0 Å². The van der Waals surface area contributed by atoms with Gasteiger partial charge in [0.2, 0.25) is 0 Å². The van der Waals surface area contributed by atoms with Crippen LogP contribution in [0.3, 0.4) is 0 Å². The first kappa shape index (κ1) is 26.1. The highest BCUT2D eigenvalue weighted by atomic mass is 79.9. The molecule has 0 aliphatic heterocycles.